The van der Waals surface area contributed by atoms with Crippen LogP contribution in [-0.2, 0) is 6.54 Å². The van der Waals surface area contributed by atoms with E-state index >= 15 is 0 Å². The zero-order chi connectivity index (χ0) is 20.5. The number of aromatic amines is 2. The van der Waals surface area contributed by atoms with Gasteiger partial charge in [-0.3, -0.25) is 14.4 Å². The molecule has 0 aliphatic carbocycles. The van der Waals surface area contributed by atoms with Crippen molar-refractivity contribution >= 4 is 27.8 Å². The molecular weight excluding hydrogens is 372 g/mol. The van der Waals surface area contributed by atoms with E-state index in [4.69, 9.17) is 4.74 Å². The predicted molar refractivity (Wildman–Crippen MR) is 111 cm³/mol. The minimum Gasteiger partial charge on any atom is -0.497 e. The molecule has 0 saturated heterocycles. The molecule has 4 rings (SSSR count). The van der Waals surface area contributed by atoms with Crippen LogP contribution in [-0.4, -0.2) is 34.1 Å². The molecule has 1 amide bonds. The van der Waals surface area contributed by atoms with Crippen molar-refractivity contribution in [2.75, 3.05) is 13.7 Å². The van der Waals surface area contributed by atoms with Crippen LogP contribution in [0.2, 0.25) is 0 Å². The maximum Gasteiger partial charge on any atom is 0.316 e. The lowest BCUT2D eigenvalue weighted by Crippen LogP contribution is -2.39. The first kappa shape index (κ1) is 18.5. The highest BCUT2D eigenvalue weighted by molar-refractivity contribution is 6.01. The second-order valence-corrected chi connectivity index (χ2v) is 6.72. The minimum absolute atomic E-state index is 0.183. The number of aryl methyl sites for hydroxylation is 1. The third-order valence-corrected chi connectivity index (χ3v) is 5.00. The van der Waals surface area contributed by atoms with Crippen molar-refractivity contribution in [3.05, 3.63) is 74.4 Å². The number of aromatic nitrogens is 3. The van der Waals surface area contributed by atoms with E-state index in [9.17, 15) is 14.4 Å². The summed E-state index contributed by atoms with van der Waals surface area (Å²) in [4.78, 5) is 42.5. The van der Waals surface area contributed by atoms with Gasteiger partial charge in [0.25, 0.3) is 5.91 Å². The van der Waals surface area contributed by atoms with E-state index in [2.05, 4.69) is 15.3 Å². The van der Waals surface area contributed by atoms with Gasteiger partial charge in [-0.15, -0.1) is 0 Å². The van der Waals surface area contributed by atoms with E-state index in [1.165, 1.54) is 4.57 Å². The van der Waals surface area contributed by atoms with Crippen LogP contribution >= 0.6 is 0 Å². The Bertz CT molecular complexity index is 1350. The largest absolute Gasteiger partial charge is 0.497 e. The van der Waals surface area contributed by atoms with E-state index < -0.39 is 11.1 Å². The molecule has 8 nitrogen and oxygen atoms in total. The van der Waals surface area contributed by atoms with Gasteiger partial charge in [0, 0.05) is 24.0 Å². The van der Waals surface area contributed by atoms with Crippen molar-refractivity contribution in [2.24, 2.45) is 0 Å². The Balaban J connectivity index is 1.56. The van der Waals surface area contributed by atoms with E-state index in [0.717, 1.165) is 16.5 Å². The van der Waals surface area contributed by atoms with Crippen LogP contribution in [0, 0.1) is 6.92 Å². The number of rotatable bonds is 5. The SMILES string of the molecule is COc1ccc2[nH]c(C(=O)NCCn3c(=O)c(=O)[nH]c4ccccc43)c(C)c2c1. The van der Waals surface area contributed by atoms with E-state index in [0.29, 0.717) is 22.5 Å². The number of carbonyl (C=O) groups excluding carboxylic acids is 1. The highest BCUT2D eigenvalue weighted by Crippen LogP contribution is 2.25. The molecule has 8 heteroatoms. The van der Waals surface area contributed by atoms with Crippen molar-refractivity contribution < 1.29 is 9.53 Å². The van der Waals surface area contributed by atoms with Crippen LogP contribution in [0.1, 0.15) is 16.1 Å². The van der Waals surface area contributed by atoms with Crippen LogP contribution in [0.3, 0.4) is 0 Å². The predicted octanol–water partition coefficient (Wildman–Crippen LogP) is 1.92. The molecule has 0 aliphatic rings. The minimum atomic E-state index is -0.685. The zero-order valence-corrected chi connectivity index (χ0v) is 16.0. The van der Waals surface area contributed by atoms with Crippen LogP contribution < -0.4 is 21.2 Å². The summed E-state index contributed by atoms with van der Waals surface area (Å²) in [6, 6.07) is 12.6. The van der Waals surface area contributed by atoms with Crippen molar-refractivity contribution in [3.63, 3.8) is 0 Å². The number of ether oxygens (including phenoxy) is 1. The summed E-state index contributed by atoms with van der Waals surface area (Å²) in [5.41, 5.74) is 1.96. The summed E-state index contributed by atoms with van der Waals surface area (Å²) >= 11 is 0. The maximum atomic E-state index is 12.7. The summed E-state index contributed by atoms with van der Waals surface area (Å²) in [6.07, 6.45) is 0. The van der Waals surface area contributed by atoms with Crippen molar-refractivity contribution in [3.8, 4) is 5.75 Å². The lowest BCUT2D eigenvalue weighted by atomic mass is 10.1. The van der Waals surface area contributed by atoms with Crippen molar-refractivity contribution in [1.29, 1.82) is 0 Å². The Hall–Kier alpha value is -3.81. The Morgan fingerprint density at radius 1 is 1.10 bits per heavy atom. The summed E-state index contributed by atoms with van der Waals surface area (Å²) in [7, 11) is 1.59. The van der Waals surface area contributed by atoms with E-state index in [-0.39, 0.29) is 19.0 Å². The number of H-pyrrole nitrogens is 2. The summed E-state index contributed by atoms with van der Waals surface area (Å²) in [5, 5.41) is 3.72. The number of nitrogens with zero attached hydrogens (tertiary/aromatic N) is 1. The number of fused-ring (bicyclic) bond motifs is 2. The highest BCUT2D eigenvalue weighted by atomic mass is 16.5. The van der Waals surface area contributed by atoms with Gasteiger partial charge in [-0.2, -0.15) is 0 Å². The van der Waals surface area contributed by atoms with E-state index in [1.807, 2.05) is 25.1 Å². The smallest absolute Gasteiger partial charge is 0.316 e. The quantitative estimate of drug-likeness (QED) is 0.451. The lowest BCUT2D eigenvalue weighted by molar-refractivity contribution is 0.0947. The number of nitrogens with one attached hydrogen (secondary N) is 3. The number of hydrogen-bond acceptors (Lipinski definition) is 4. The van der Waals surface area contributed by atoms with Gasteiger partial charge in [0.2, 0.25) is 0 Å². The fourth-order valence-corrected chi connectivity index (χ4v) is 3.47. The zero-order valence-electron chi connectivity index (χ0n) is 16.0. The fourth-order valence-electron chi connectivity index (χ4n) is 3.47. The van der Waals surface area contributed by atoms with Crippen LogP contribution in [0.4, 0.5) is 0 Å². The number of hydrogen-bond donors (Lipinski definition) is 3. The molecule has 0 saturated carbocycles. The van der Waals surface area contributed by atoms with Crippen LogP contribution in [0.15, 0.2) is 52.1 Å². The first-order chi connectivity index (χ1) is 14.0. The third-order valence-electron chi connectivity index (χ3n) is 5.00. The number of methoxy groups -OCH3 is 1. The second-order valence-electron chi connectivity index (χ2n) is 6.72. The molecule has 4 aromatic rings. The molecule has 0 unspecified atom stereocenters. The molecule has 2 aromatic heterocycles. The molecule has 0 bridgehead atoms. The molecule has 0 fully saturated rings. The molecule has 0 atom stereocenters. The van der Waals surface area contributed by atoms with Gasteiger partial charge in [0.05, 0.1) is 18.1 Å². The summed E-state index contributed by atoms with van der Waals surface area (Å²) in [6.45, 7) is 2.24. The van der Waals surface area contributed by atoms with Crippen LogP contribution in [0.25, 0.3) is 21.9 Å². The monoisotopic (exact) mass is 392 g/mol. The van der Waals surface area contributed by atoms with Gasteiger partial charge in [0.15, 0.2) is 0 Å². The molecule has 0 aliphatic heterocycles. The molecule has 29 heavy (non-hydrogen) atoms. The molecule has 0 spiro atoms. The number of para-hydroxylation sites is 2. The first-order valence-electron chi connectivity index (χ1n) is 9.16. The van der Waals surface area contributed by atoms with Gasteiger partial charge in [-0.25, -0.2) is 0 Å². The highest BCUT2D eigenvalue weighted by Gasteiger charge is 2.15. The average molecular weight is 392 g/mol. The van der Waals surface area contributed by atoms with Gasteiger partial charge in [-0.1, -0.05) is 12.1 Å². The lowest BCUT2D eigenvalue weighted by Gasteiger charge is -2.10. The number of carbonyl (C=O) groups is 1. The molecular formula is C21H20N4O4. The van der Waals surface area contributed by atoms with E-state index in [1.54, 1.807) is 31.4 Å². The van der Waals surface area contributed by atoms with Crippen molar-refractivity contribution in [1.82, 2.24) is 19.9 Å². The normalized spacial score (nSPS) is 11.1. The fraction of sp³-hybridized carbons (Fsp3) is 0.190. The molecule has 0 radical (unpaired) electrons. The number of benzene rings is 2. The maximum absolute atomic E-state index is 12.7. The van der Waals surface area contributed by atoms with Gasteiger partial charge >= 0.3 is 11.1 Å². The van der Waals surface area contributed by atoms with Gasteiger partial charge in [0.1, 0.15) is 11.4 Å². The Morgan fingerprint density at radius 3 is 2.69 bits per heavy atom. The first-order valence-corrected chi connectivity index (χ1v) is 9.16. The molecule has 148 valence electrons. The summed E-state index contributed by atoms with van der Waals surface area (Å²) in [5.74, 6) is 0.437. The van der Waals surface area contributed by atoms with Crippen molar-refractivity contribution in [2.45, 2.75) is 13.5 Å². The average Bonchev–Trinajstić information content (AvgIpc) is 3.06. The number of amides is 1. The second kappa shape index (κ2) is 7.31. The Labute approximate surface area is 165 Å². The van der Waals surface area contributed by atoms with Crippen LogP contribution in [0.5, 0.6) is 5.75 Å². The molecule has 2 aromatic carbocycles. The Morgan fingerprint density at radius 2 is 1.90 bits per heavy atom. The summed E-state index contributed by atoms with van der Waals surface area (Å²) < 4.78 is 6.61. The molecule has 3 N–H and O–H groups in total. The molecule has 2 heterocycles. The van der Waals surface area contributed by atoms with Gasteiger partial charge < -0.3 is 24.6 Å². The Kier molecular flexibility index (Phi) is 4.67. The van der Waals surface area contributed by atoms with Gasteiger partial charge in [-0.05, 0) is 42.8 Å². The third kappa shape index (κ3) is 3.29. The standard InChI is InChI=1S/C21H20N4O4/c1-12-14-11-13(29-2)7-8-15(14)23-18(12)19(26)22-9-10-25-17-6-4-3-5-16(17)24-20(27)21(25)28/h3-8,11,23H,9-10H2,1-2H3,(H,22,26)(H,24,27). The topological polar surface area (TPSA) is 109 Å².